The maximum Gasteiger partial charge on any atom is 0.416 e. The third kappa shape index (κ3) is 7.71. The molecule has 1 atom stereocenters. The highest BCUT2D eigenvalue weighted by atomic mass is 35.5. The fourth-order valence-corrected chi connectivity index (χ4v) is 2.98. The van der Waals surface area contributed by atoms with E-state index in [1.54, 1.807) is 7.05 Å². The van der Waals surface area contributed by atoms with Crippen LogP contribution in [-0.4, -0.2) is 25.5 Å². The first-order valence-corrected chi connectivity index (χ1v) is 9.56. The average molecular weight is 429 g/mol. The predicted octanol–water partition coefficient (Wildman–Crippen LogP) is 5.23. The topological polar surface area (TPSA) is 41.1 Å². The molecule has 0 saturated carbocycles. The Kier molecular flexibility index (Phi) is 10.2. The van der Waals surface area contributed by atoms with Crippen LogP contribution in [0.15, 0.2) is 48.5 Å². The molecule has 0 bridgehead atoms. The van der Waals surface area contributed by atoms with Crippen molar-refractivity contribution < 1.29 is 18.0 Å². The van der Waals surface area contributed by atoms with E-state index in [9.17, 15) is 18.0 Å². The van der Waals surface area contributed by atoms with Gasteiger partial charge in [0, 0.05) is 6.54 Å². The highest BCUT2D eigenvalue weighted by Gasteiger charge is 2.29. The number of halogens is 4. The zero-order valence-electron chi connectivity index (χ0n) is 16.7. The monoisotopic (exact) mass is 428 g/mol. The third-order valence-electron chi connectivity index (χ3n) is 4.72. The Balaban J connectivity index is 0.00000420. The highest BCUT2D eigenvalue weighted by Crippen LogP contribution is 2.31. The standard InChI is InChI=1S/C22H27F3N2O.ClH/c1-3-4-5-20(26-2)21(28)27-15-14-16-6-8-17(9-7-16)18-10-12-19(13-11-18)22(23,24)25;/h6-13,20,26H,3-5,14-15H2,1-2H3,(H,27,28);1H. The first-order valence-electron chi connectivity index (χ1n) is 9.56. The maximum atomic E-state index is 12.6. The van der Waals surface area contributed by atoms with Gasteiger partial charge in [-0.1, -0.05) is 56.2 Å². The first kappa shape index (κ1) is 25.0. The summed E-state index contributed by atoms with van der Waals surface area (Å²) in [5, 5.41) is 5.99. The molecule has 0 aromatic heterocycles. The summed E-state index contributed by atoms with van der Waals surface area (Å²) in [7, 11) is 1.79. The molecule has 0 heterocycles. The number of amides is 1. The average Bonchev–Trinajstić information content (AvgIpc) is 2.68. The predicted molar refractivity (Wildman–Crippen MR) is 113 cm³/mol. The summed E-state index contributed by atoms with van der Waals surface area (Å²) in [6.07, 6.45) is -0.749. The van der Waals surface area contributed by atoms with Gasteiger partial charge in [0.15, 0.2) is 0 Å². The Bertz CT molecular complexity index is 746. The molecule has 0 aliphatic carbocycles. The van der Waals surface area contributed by atoms with Crippen LogP contribution in [0.1, 0.15) is 37.3 Å². The largest absolute Gasteiger partial charge is 0.416 e. The lowest BCUT2D eigenvalue weighted by atomic mass is 10.0. The number of alkyl halides is 3. The third-order valence-corrected chi connectivity index (χ3v) is 4.72. The molecule has 0 aliphatic heterocycles. The molecule has 1 amide bonds. The lowest BCUT2D eigenvalue weighted by Gasteiger charge is -2.15. The first-order chi connectivity index (χ1) is 13.3. The van der Waals surface area contributed by atoms with Crippen LogP contribution < -0.4 is 10.6 Å². The summed E-state index contributed by atoms with van der Waals surface area (Å²) >= 11 is 0. The smallest absolute Gasteiger partial charge is 0.354 e. The minimum Gasteiger partial charge on any atom is -0.354 e. The van der Waals surface area contributed by atoms with Crippen LogP contribution >= 0.6 is 12.4 Å². The molecule has 1 unspecified atom stereocenters. The Hall–Kier alpha value is -2.05. The molecule has 0 spiro atoms. The minimum absolute atomic E-state index is 0. The van der Waals surface area contributed by atoms with E-state index in [1.807, 2.05) is 24.3 Å². The molecule has 0 saturated heterocycles. The van der Waals surface area contributed by atoms with Crippen molar-refractivity contribution in [2.24, 2.45) is 0 Å². The quantitative estimate of drug-likeness (QED) is 0.574. The Morgan fingerprint density at radius 3 is 2.03 bits per heavy atom. The van der Waals surface area contributed by atoms with E-state index in [4.69, 9.17) is 0 Å². The molecule has 3 nitrogen and oxygen atoms in total. The normalized spacial score (nSPS) is 12.2. The maximum absolute atomic E-state index is 12.6. The molecule has 0 aliphatic rings. The lowest BCUT2D eigenvalue weighted by molar-refractivity contribution is -0.137. The molecule has 29 heavy (non-hydrogen) atoms. The molecular formula is C22H28ClF3N2O. The van der Waals surface area contributed by atoms with Crippen molar-refractivity contribution in [1.82, 2.24) is 10.6 Å². The second-order valence-electron chi connectivity index (χ2n) is 6.80. The molecule has 2 rings (SSSR count). The van der Waals surface area contributed by atoms with Gasteiger partial charge >= 0.3 is 6.18 Å². The number of nitrogens with one attached hydrogen (secondary N) is 2. The van der Waals surface area contributed by atoms with Crippen molar-refractivity contribution in [3.05, 3.63) is 59.7 Å². The number of hydrogen-bond acceptors (Lipinski definition) is 2. The highest BCUT2D eigenvalue weighted by molar-refractivity contribution is 5.85. The zero-order chi connectivity index (χ0) is 20.6. The molecular weight excluding hydrogens is 401 g/mol. The van der Waals surface area contributed by atoms with Gasteiger partial charge in [-0.15, -0.1) is 12.4 Å². The van der Waals surface area contributed by atoms with Gasteiger partial charge in [-0.05, 0) is 48.7 Å². The van der Waals surface area contributed by atoms with E-state index in [0.29, 0.717) is 13.0 Å². The molecule has 0 radical (unpaired) electrons. The number of rotatable bonds is 9. The number of benzene rings is 2. The number of carbonyl (C=O) groups is 1. The van der Waals surface area contributed by atoms with E-state index in [0.717, 1.165) is 48.1 Å². The van der Waals surface area contributed by atoms with E-state index in [-0.39, 0.29) is 24.4 Å². The van der Waals surface area contributed by atoms with Gasteiger partial charge in [0.2, 0.25) is 5.91 Å². The van der Waals surface area contributed by atoms with Gasteiger partial charge in [-0.25, -0.2) is 0 Å². The van der Waals surface area contributed by atoms with Crippen molar-refractivity contribution in [3.8, 4) is 11.1 Å². The van der Waals surface area contributed by atoms with Crippen LogP contribution in [0.25, 0.3) is 11.1 Å². The van der Waals surface area contributed by atoms with Crippen LogP contribution in [0.2, 0.25) is 0 Å². The van der Waals surface area contributed by atoms with E-state index in [1.165, 1.54) is 12.1 Å². The second kappa shape index (κ2) is 11.8. The summed E-state index contributed by atoms with van der Waals surface area (Å²) in [4.78, 5) is 12.2. The van der Waals surface area contributed by atoms with Crippen LogP contribution in [0, 0.1) is 0 Å². The number of carbonyl (C=O) groups excluding carboxylic acids is 1. The van der Waals surface area contributed by atoms with Gasteiger partial charge in [0.25, 0.3) is 0 Å². The summed E-state index contributed by atoms with van der Waals surface area (Å²) in [6, 6.07) is 12.6. The fourth-order valence-electron chi connectivity index (χ4n) is 2.98. The Labute approximate surface area is 176 Å². The summed E-state index contributed by atoms with van der Waals surface area (Å²) in [5.41, 5.74) is 2.00. The Morgan fingerprint density at radius 2 is 1.55 bits per heavy atom. The van der Waals surface area contributed by atoms with Gasteiger partial charge in [0.1, 0.15) is 0 Å². The number of likely N-dealkylation sites (N-methyl/N-ethyl adjacent to an activating group) is 1. The molecule has 7 heteroatoms. The van der Waals surface area contributed by atoms with E-state index >= 15 is 0 Å². The zero-order valence-corrected chi connectivity index (χ0v) is 17.5. The fraction of sp³-hybridized carbons (Fsp3) is 0.409. The van der Waals surface area contributed by atoms with Crippen molar-refractivity contribution in [1.29, 1.82) is 0 Å². The summed E-state index contributed by atoms with van der Waals surface area (Å²) < 4.78 is 37.9. The molecule has 0 fully saturated rings. The number of unbranched alkanes of at least 4 members (excludes halogenated alkanes) is 1. The van der Waals surface area contributed by atoms with Crippen molar-refractivity contribution >= 4 is 18.3 Å². The second-order valence-corrected chi connectivity index (χ2v) is 6.80. The minimum atomic E-state index is -4.32. The molecule has 2 aromatic rings. The van der Waals surface area contributed by atoms with Crippen molar-refractivity contribution in [3.63, 3.8) is 0 Å². The van der Waals surface area contributed by atoms with Gasteiger partial charge in [0.05, 0.1) is 11.6 Å². The van der Waals surface area contributed by atoms with Crippen LogP contribution in [0.4, 0.5) is 13.2 Å². The van der Waals surface area contributed by atoms with Crippen molar-refractivity contribution in [2.75, 3.05) is 13.6 Å². The Morgan fingerprint density at radius 1 is 1.00 bits per heavy atom. The number of hydrogen-bond donors (Lipinski definition) is 2. The summed E-state index contributed by atoms with van der Waals surface area (Å²) in [6.45, 7) is 2.64. The lowest BCUT2D eigenvalue weighted by Crippen LogP contribution is -2.43. The van der Waals surface area contributed by atoms with Crippen LogP contribution in [0.5, 0.6) is 0 Å². The van der Waals surface area contributed by atoms with Crippen molar-refractivity contribution in [2.45, 2.75) is 44.8 Å². The SMILES string of the molecule is CCCCC(NC)C(=O)NCCc1ccc(-c2ccc(C(F)(F)F)cc2)cc1.Cl. The molecule has 2 aromatic carbocycles. The van der Waals surface area contributed by atoms with Gasteiger partial charge < -0.3 is 10.6 Å². The van der Waals surface area contributed by atoms with Gasteiger partial charge in [-0.3, -0.25) is 4.79 Å². The van der Waals surface area contributed by atoms with E-state index in [2.05, 4.69) is 17.6 Å². The van der Waals surface area contributed by atoms with Gasteiger partial charge in [-0.2, -0.15) is 13.2 Å². The van der Waals surface area contributed by atoms with Crippen LogP contribution in [-0.2, 0) is 17.4 Å². The molecule has 160 valence electrons. The van der Waals surface area contributed by atoms with Crippen LogP contribution in [0.3, 0.4) is 0 Å². The van der Waals surface area contributed by atoms with E-state index < -0.39 is 11.7 Å². The molecule has 2 N–H and O–H groups in total. The summed E-state index contributed by atoms with van der Waals surface area (Å²) in [5.74, 6) is 0.0114.